The smallest absolute Gasteiger partial charge is 0.283 e. The molecule has 140 valence electrons. The highest BCUT2D eigenvalue weighted by molar-refractivity contribution is 9.10. The van der Waals surface area contributed by atoms with E-state index in [1.165, 1.54) is 10.7 Å². The molecular formula is C19H23BrFN3O2. The number of aromatic nitrogens is 1. The van der Waals surface area contributed by atoms with Crippen molar-refractivity contribution < 1.29 is 9.18 Å². The van der Waals surface area contributed by atoms with Gasteiger partial charge in [-0.15, -0.1) is 0 Å². The third-order valence-electron chi connectivity index (χ3n) is 4.26. The van der Waals surface area contributed by atoms with Gasteiger partial charge in [0.1, 0.15) is 5.82 Å². The first-order valence-electron chi connectivity index (χ1n) is 8.50. The van der Waals surface area contributed by atoms with E-state index in [1.54, 1.807) is 39.0 Å². The molecule has 26 heavy (non-hydrogen) atoms. The summed E-state index contributed by atoms with van der Waals surface area (Å²) in [6.45, 7) is 7.74. The third-order valence-corrected chi connectivity index (χ3v) is 5.19. The number of halogens is 2. The Morgan fingerprint density at radius 3 is 2.58 bits per heavy atom. The van der Waals surface area contributed by atoms with Gasteiger partial charge < -0.3 is 10.7 Å². The summed E-state index contributed by atoms with van der Waals surface area (Å²) in [7, 11) is 0. The van der Waals surface area contributed by atoms with Crippen LogP contribution in [0.1, 0.15) is 53.5 Å². The maximum Gasteiger partial charge on any atom is 0.283 e. The van der Waals surface area contributed by atoms with Crippen LogP contribution in [-0.4, -0.2) is 17.1 Å². The summed E-state index contributed by atoms with van der Waals surface area (Å²) >= 11 is 3.28. The highest BCUT2D eigenvalue weighted by Crippen LogP contribution is 2.21. The molecule has 0 saturated carbocycles. The van der Waals surface area contributed by atoms with Crippen LogP contribution in [0.25, 0.3) is 0 Å². The quantitative estimate of drug-likeness (QED) is 0.742. The number of rotatable bonds is 6. The first kappa shape index (κ1) is 20.2. The minimum Gasteiger partial charge on any atom is -0.345 e. The van der Waals surface area contributed by atoms with Crippen molar-refractivity contribution in [3.8, 4) is 0 Å². The van der Waals surface area contributed by atoms with Crippen LogP contribution in [0, 0.1) is 19.7 Å². The van der Waals surface area contributed by atoms with Crippen molar-refractivity contribution in [2.75, 3.05) is 12.0 Å². The molecule has 0 aliphatic heterocycles. The van der Waals surface area contributed by atoms with Gasteiger partial charge in [0.05, 0.1) is 21.8 Å². The minimum absolute atomic E-state index is 0.243. The average Bonchev–Trinajstić information content (AvgIpc) is 2.60. The van der Waals surface area contributed by atoms with E-state index >= 15 is 0 Å². The lowest BCUT2D eigenvalue weighted by Crippen LogP contribution is -2.37. The van der Waals surface area contributed by atoms with Gasteiger partial charge in [0.2, 0.25) is 0 Å². The standard InChI is InChI=1S/C19H23BrFN3O2/c1-5-10-22-24-13(4)16(11(2)17(20)19(24)26)18(25)23-12(3)14-8-6-7-9-15(14)21/h6-9,12,22H,5,10H2,1-4H3,(H,23,25). The molecule has 0 saturated heterocycles. The van der Waals surface area contributed by atoms with Gasteiger partial charge in [-0.3, -0.25) is 9.59 Å². The fourth-order valence-corrected chi connectivity index (χ4v) is 3.20. The summed E-state index contributed by atoms with van der Waals surface area (Å²) in [5, 5.41) is 2.82. The highest BCUT2D eigenvalue weighted by atomic mass is 79.9. The largest absolute Gasteiger partial charge is 0.345 e. The van der Waals surface area contributed by atoms with Crippen molar-refractivity contribution in [1.82, 2.24) is 9.99 Å². The zero-order valence-electron chi connectivity index (χ0n) is 15.3. The molecular weight excluding hydrogens is 401 g/mol. The monoisotopic (exact) mass is 423 g/mol. The molecule has 1 aromatic carbocycles. The summed E-state index contributed by atoms with van der Waals surface area (Å²) in [5.41, 5.74) is 4.65. The van der Waals surface area contributed by atoms with Crippen LogP contribution in [0.2, 0.25) is 0 Å². The Kier molecular flexibility index (Phi) is 6.58. The van der Waals surface area contributed by atoms with E-state index in [0.29, 0.717) is 33.4 Å². The third kappa shape index (κ3) is 3.98. The molecule has 0 fully saturated rings. The van der Waals surface area contributed by atoms with Crippen molar-refractivity contribution in [1.29, 1.82) is 0 Å². The zero-order chi connectivity index (χ0) is 19.4. The van der Waals surface area contributed by atoms with E-state index in [-0.39, 0.29) is 17.3 Å². The molecule has 2 N–H and O–H groups in total. The summed E-state index contributed by atoms with van der Waals surface area (Å²) in [6, 6.07) is 5.82. The fraction of sp³-hybridized carbons (Fsp3) is 0.368. The van der Waals surface area contributed by atoms with Crippen molar-refractivity contribution in [2.24, 2.45) is 0 Å². The molecule has 0 spiro atoms. The number of carbonyl (C=O) groups excluding carboxylic acids is 1. The second kappa shape index (κ2) is 8.49. The summed E-state index contributed by atoms with van der Waals surface area (Å²) in [5.74, 6) is -0.729. The van der Waals surface area contributed by atoms with E-state index in [1.807, 2.05) is 6.92 Å². The van der Waals surface area contributed by atoms with E-state index in [2.05, 4.69) is 26.7 Å². The molecule has 0 radical (unpaired) electrons. The van der Waals surface area contributed by atoms with Crippen molar-refractivity contribution in [3.05, 3.63) is 67.3 Å². The van der Waals surface area contributed by atoms with Gasteiger partial charge in [0.25, 0.3) is 11.5 Å². The van der Waals surface area contributed by atoms with Crippen LogP contribution in [0.4, 0.5) is 4.39 Å². The Balaban J connectivity index is 2.41. The lowest BCUT2D eigenvalue weighted by atomic mass is 10.0. The number of hydrogen-bond acceptors (Lipinski definition) is 3. The number of carbonyl (C=O) groups is 1. The molecule has 1 heterocycles. The maximum absolute atomic E-state index is 14.0. The molecule has 0 aliphatic rings. The van der Waals surface area contributed by atoms with Gasteiger partial charge in [0, 0.05) is 12.1 Å². The SMILES string of the molecule is CCCNn1c(C)c(C(=O)NC(C)c2ccccc2F)c(C)c(Br)c1=O. The first-order chi connectivity index (χ1) is 12.3. The highest BCUT2D eigenvalue weighted by Gasteiger charge is 2.22. The van der Waals surface area contributed by atoms with Crippen molar-refractivity contribution in [3.63, 3.8) is 0 Å². The Morgan fingerprint density at radius 1 is 1.31 bits per heavy atom. The second-order valence-corrected chi connectivity index (χ2v) is 6.96. The first-order valence-corrected chi connectivity index (χ1v) is 9.29. The van der Waals surface area contributed by atoms with E-state index in [0.717, 1.165) is 6.42 Å². The molecule has 2 aromatic rings. The van der Waals surface area contributed by atoms with Crippen LogP contribution in [-0.2, 0) is 0 Å². The molecule has 2 rings (SSSR count). The summed E-state index contributed by atoms with van der Waals surface area (Å²) in [4.78, 5) is 25.3. The molecule has 1 amide bonds. The Hall–Kier alpha value is -2.15. The van der Waals surface area contributed by atoms with Crippen molar-refractivity contribution >= 4 is 21.8 Å². The zero-order valence-corrected chi connectivity index (χ0v) is 16.9. The molecule has 5 nitrogen and oxygen atoms in total. The van der Waals surface area contributed by atoms with Gasteiger partial charge in [0.15, 0.2) is 0 Å². The number of amides is 1. The van der Waals surface area contributed by atoms with Gasteiger partial charge in [-0.25, -0.2) is 9.07 Å². The van der Waals surface area contributed by atoms with E-state index in [9.17, 15) is 14.0 Å². The second-order valence-electron chi connectivity index (χ2n) is 6.16. The molecule has 7 heteroatoms. The van der Waals surface area contributed by atoms with Crippen LogP contribution < -0.4 is 16.3 Å². The number of benzene rings is 1. The lowest BCUT2D eigenvalue weighted by molar-refractivity contribution is 0.0937. The van der Waals surface area contributed by atoms with Crippen LogP contribution >= 0.6 is 15.9 Å². The van der Waals surface area contributed by atoms with Crippen molar-refractivity contribution in [2.45, 2.75) is 40.2 Å². The van der Waals surface area contributed by atoms with E-state index < -0.39 is 6.04 Å². The van der Waals surface area contributed by atoms with Gasteiger partial charge in [-0.1, -0.05) is 25.1 Å². The van der Waals surface area contributed by atoms with Gasteiger partial charge in [-0.2, -0.15) is 0 Å². The van der Waals surface area contributed by atoms with Gasteiger partial charge >= 0.3 is 0 Å². The molecule has 1 aromatic heterocycles. The van der Waals surface area contributed by atoms with Crippen LogP contribution in [0.5, 0.6) is 0 Å². The summed E-state index contributed by atoms with van der Waals surface area (Å²) in [6.07, 6.45) is 0.837. The molecule has 1 atom stereocenters. The maximum atomic E-state index is 14.0. The number of nitrogens with zero attached hydrogens (tertiary/aromatic N) is 1. The lowest BCUT2D eigenvalue weighted by Gasteiger charge is -2.21. The average molecular weight is 424 g/mol. The summed E-state index contributed by atoms with van der Waals surface area (Å²) < 4.78 is 15.7. The predicted molar refractivity (Wildman–Crippen MR) is 105 cm³/mol. The molecule has 0 aliphatic carbocycles. The minimum atomic E-state index is -0.509. The number of hydrogen-bond donors (Lipinski definition) is 2. The van der Waals surface area contributed by atoms with Crippen LogP contribution in [0.15, 0.2) is 33.5 Å². The Morgan fingerprint density at radius 2 is 1.96 bits per heavy atom. The molecule has 0 bridgehead atoms. The molecule has 1 unspecified atom stereocenters. The Bertz CT molecular complexity index is 880. The number of nitrogens with one attached hydrogen (secondary N) is 2. The Labute approximate surface area is 160 Å². The van der Waals surface area contributed by atoms with Gasteiger partial charge in [-0.05, 0) is 54.8 Å². The number of pyridine rings is 1. The normalized spacial score (nSPS) is 11.9. The topological polar surface area (TPSA) is 63.1 Å². The van der Waals surface area contributed by atoms with Crippen LogP contribution in [0.3, 0.4) is 0 Å². The predicted octanol–water partition coefficient (Wildman–Crippen LogP) is 3.81. The fourth-order valence-electron chi connectivity index (χ4n) is 2.83. The van der Waals surface area contributed by atoms with E-state index in [4.69, 9.17) is 0 Å².